The molecular formula is C13H19NOS. The van der Waals surface area contributed by atoms with E-state index in [2.05, 4.69) is 6.58 Å². The molecule has 0 radical (unpaired) electrons. The van der Waals surface area contributed by atoms with Crippen molar-refractivity contribution in [2.24, 2.45) is 0 Å². The van der Waals surface area contributed by atoms with E-state index in [1.807, 2.05) is 32.0 Å². The van der Waals surface area contributed by atoms with E-state index in [-0.39, 0.29) is 0 Å². The third kappa shape index (κ3) is 4.19. The summed E-state index contributed by atoms with van der Waals surface area (Å²) in [7, 11) is 0. The Labute approximate surface area is 102 Å². The highest BCUT2D eigenvalue weighted by atomic mass is 32.2. The van der Waals surface area contributed by atoms with Crippen molar-refractivity contribution in [3.8, 4) is 5.75 Å². The van der Waals surface area contributed by atoms with Gasteiger partial charge >= 0.3 is 0 Å². The second kappa shape index (κ2) is 6.48. The standard InChI is InChI=1S/C13H19NOS/c1-4-15-11-5-6-12(14)13(9-11)16-8-7-10(2)3/h5-6,9H,2,4,7-8,14H2,1,3H3. The Morgan fingerprint density at radius 1 is 1.50 bits per heavy atom. The number of anilines is 1. The molecule has 1 aromatic carbocycles. The molecule has 2 nitrogen and oxygen atoms in total. The highest BCUT2D eigenvalue weighted by molar-refractivity contribution is 7.99. The fraction of sp³-hybridized carbons (Fsp3) is 0.385. The highest BCUT2D eigenvalue weighted by Crippen LogP contribution is 2.30. The fourth-order valence-electron chi connectivity index (χ4n) is 1.23. The number of thioether (sulfide) groups is 1. The average Bonchev–Trinajstić information content (AvgIpc) is 2.22. The van der Waals surface area contributed by atoms with E-state index < -0.39 is 0 Å². The lowest BCUT2D eigenvalue weighted by Crippen LogP contribution is -1.94. The first kappa shape index (κ1) is 13.0. The molecule has 0 atom stereocenters. The molecule has 0 unspecified atom stereocenters. The van der Waals surface area contributed by atoms with Crippen LogP contribution in [0.25, 0.3) is 0 Å². The van der Waals surface area contributed by atoms with Crippen LogP contribution in [0, 0.1) is 0 Å². The van der Waals surface area contributed by atoms with Gasteiger partial charge in [0.2, 0.25) is 0 Å². The summed E-state index contributed by atoms with van der Waals surface area (Å²) in [4.78, 5) is 1.09. The van der Waals surface area contributed by atoms with Crippen molar-refractivity contribution < 1.29 is 4.74 Å². The molecule has 0 aromatic heterocycles. The molecule has 0 saturated heterocycles. The molecule has 88 valence electrons. The largest absolute Gasteiger partial charge is 0.494 e. The maximum absolute atomic E-state index is 5.90. The smallest absolute Gasteiger partial charge is 0.120 e. The van der Waals surface area contributed by atoms with Crippen molar-refractivity contribution in [1.82, 2.24) is 0 Å². The summed E-state index contributed by atoms with van der Waals surface area (Å²) < 4.78 is 5.44. The number of nitrogens with two attached hydrogens (primary N) is 1. The normalized spacial score (nSPS) is 10.1. The quantitative estimate of drug-likeness (QED) is 0.465. The summed E-state index contributed by atoms with van der Waals surface area (Å²) in [5.74, 6) is 1.89. The van der Waals surface area contributed by atoms with E-state index >= 15 is 0 Å². The van der Waals surface area contributed by atoms with Gasteiger partial charge in [-0.1, -0.05) is 5.57 Å². The molecule has 1 rings (SSSR count). The Bertz CT molecular complexity index is 363. The zero-order valence-electron chi connectivity index (χ0n) is 9.95. The van der Waals surface area contributed by atoms with E-state index in [1.165, 1.54) is 5.57 Å². The monoisotopic (exact) mass is 237 g/mol. The van der Waals surface area contributed by atoms with Crippen LogP contribution in [-0.4, -0.2) is 12.4 Å². The summed E-state index contributed by atoms with van der Waals surface area (Å²) in [5.41, 5.74) is 7.92. The number of hydrogen-bond donors (Lipinski definition) is 1. The average molecular weight is 237 g/mol. The zero-order chi connectivity index (χ0) is 12.0. The molecule has 16 heavy (non-hydrogen) atoms. The van der Waals surface area contributed by atoms with Crippen molar-refractivity contribution in [2.75, 3.05) is 18.1 Å². The Hall–Kier alpha value is -1.09. The highest BCUT2D eigenvalue weighted by Gasteiger charge is 2.02. The van der Waals surface area contributed by atoms with Gasteiger partial charge in [-0.3, -0.25) is 0 Å². The van der Waals surface area contributed by atoms with Gasteiger partial charge in [-0.05, 0) is 38.5 Å². The first-order chi connectivity index (χ1) is 7.63. The van der Waals surface area contributed by atoms with Crippen LogP contribution < -0.4 is 10.5 Å². The minimum absolute atomic E-state index is 0.680. The van der Waals surface area contributed by atoms with Gasteiger partial charge in [0.15, 0.2) is 0 Å². The Kier molecular flexibility index (Phi) is 5.26. The maximum Gasteiger partial charge on any atom is 0.120 e. The number of rotatable bonds is 6. The van der Waals surface area contributed by atoms with Crippen molar-refractivity contribution >= 4 is 17.4 Å². The summed E-state index contributed by atoms with van der Waals surface area (Å²) in [6, 6.07) is 5.80. The second-order valence-corrected chi connectivity index (χ2v) is 4.82. The summed E-state index contributed by atoms with van der Waals surface area (Å²) in [6.07, 6.45) is 1.02. The lowest BCUT2D eigenvalue weighted by molar-refractivity contribution is 0.339. The molecule has 2 N–H and O–H groups in total. The predicted octanol–water partition coefficient (Wildman–Crippen LogP) is 3.73. The summed E-state index contributed by atoms with van der Waals surface area (Å²) in [5, 5.41) is 0. The molecule has 0 amide bonds. The molecule has 0 fully saturated rings. The molecule has 0 aliphatic heterocycles. The van der Waals surface area contributed by atoms with Crippen molar-refractivity contribution in [3.63, 3.8) is 0 Å². The molecular weight excluding hydrogens is 218 g/mol. The van der Waals surface area contributed by atoms with Crippen LogP contribution in [0.1, 0.15) is 20.3 Å². The molecule has 0 aliphatic rings. The molecule has 0 spiro atoms. The number of hydrogen-bond acceptors (Lipinski definition) is 3. The first-order valence-corrected chi connectivity index (χ1v) is 6.41. The zero-order valence-corrected chi connectivity index (χ0v) is 10.8. The van der Waals surface area contributed by atoms with Crippen molar-refractivity contribution in [1.29, 1.82) is 0 Å². The maximum atomic E-state index is 5.90. The predicted molar refractivity (Wildman–Crippen MR) is 72.2 cm³/mol. The van der Waals surface area contributed by atoms with Crippen LogP contribution in [0.3, 0.4) is 0 Å². The van der Waals surface area contributed by atoms with Crippen molar-refractivity contribution in [3.05, 3.63) is 30.4 Å². The topological polar surface area (TPSA) is 35.2 Å². The number of ether oxygens (including phenoxy) is 1. The Balaban J connectivity index is 2.62. The lowest BCUT2D eigenvalue weighted by Gasteiger charge is -2.08. The number of benzene rings is 1. The molecule has 1 aromatic rings. The van der Waals surface area contributed by atoms with Crippen molar-refractivity contribution in [2.45, 2.75) is 25.2 Å². The van der Waals surface area contributed by atoms with Gasteiger partial charge in [0.1, 0.15) is 5.75 Å². The van der Waals surface area contributed by atoms with Gasteiger partial charge in [-0.2, -0.15) is 0 Å². The SMILES string of the molecule is C=C(C)CCSc1cc(OCC)ccc1N. The van der Waals surface area contributed by atoms with Gasteiger partial charge < -0.3 is 10.5 Å². The van der Waals surface area contributed by atoms with Crippen LogP contribution in [0.5, 0.6) is 5.75 Å². The Morgan fingerprint density at radius 3 is 2.88 bits per heavy atom. The van der Waals surface area contributed by atoms with Crippen LogP contribution in [0.2, 0.25) is 0 Å². The summed E-state index contributed by atoms with van der Waals surface area (Å²) in [6.45, 7) is 8.59. The minimum Gasteiger partial charge on any atom is -0.494 e. The van der Waals surface area contributed by atoms with Gasteiger partial charge in [-0.15, -0.1) is 18.3 Å². The second-order valence-electron chi connectivity index (χ2n) is 3.69. The molecule has 0 heterocycles. The molecule has 0 aliphatic carbocycles. The summed E-state index contributed by atoms with van der Waals surface area (Å²) >= 11 is 1.75. The van der Waals surface area contributed by atoms with Gasteiger partial charge in [0, 0.05) is 16.3 Å². The van der Waals surface area contributed by atoms with Gasteiger partial charge in [0.05, 0.1) is 6.61 Å². The number of nitrogen functional groups attached to an aromatic ring is 1. The third-order valence-corrected chi connectivity index (χ3v) is 3.16. The molecule has 3 heteroatoms. The minimum atomic E-state index is 0.680. The van der Waals surface area contributed by atoms with Crippen LogP contribution in [-0.2, 0) is 0 Å². The number of allylic oxidation sites excluding steroid dienone is 1. The van der Waals surface area contributed by atoms with Crippen LogP contribution in [0.15, 0.2) is 35.2 Å². The van der Waals surface area contributed by atoms with E-state index in [0.717, 1.165) is 28.5 Å². The Morgan fingerprint density at radius 2 is 2.25 bits per heavy atom. The molecule has 0 saturated carbocycles. The van der Waals surface area contributed by atoms with Crippen LogP contribution >= 0.6 is 11.8 Å². The molecule has 0 bridgehead atoms. The van der Waals surface area contributed by atoms with E-state index in [4.69, 9.17) is 10.5 Å². The first-order valence-electron chi connectivity index (χ1n) is 5.43. The fourth-order valence-corrected chi connectivity index (χ4v) is 2.34. The van der Waals surface area contributed by atoms with Crippen LogP contribution in [0.4, 0.5) is 5.69 Å². The van der Waals surface area contributed by atoms with Gasteiger partial charge in [-0.25, -0.2) is 0 Å². The van der Waals surface area contributed by atoms with E-state index in [1.54, 1.807) is 11.8 Å². The third-order valence-electron chi connectivity index (χ3n) is 2.08. The van der Waals surface area contributed by atoms with Gasteiger partial charge in [0.25, 0.3) is 0 Å². The van der Waals surface area contributed by atoms with E-state index in [0.29, 0.717) is 6.61 Å². The lowest BCUT2D eigenvalue weighted by atomic mass is 10.3. The van der Waals surface area contributed by atoms with E-state index in [9.17, 15) is 0 Å².